The molecule has 2 aromatic heterocycles. The van der Waals surface area contributed by atoms with Crippen molar-refractivity contribution in [2.45, 2.75) is 38.7 Å². The summed E-state index contributed by atoms with van der Waals surface area (Å²) in [7, 11) is 0. The standard InChI is InChI=1S/C23H29N5O3/c1-15-9-18-12-24-28(21(18)10-20(15)17-3-6-30-7-4-17)23-11-22(25-16(2)26-23)27-5-8-31-19(13-27)14-29/h9-12,17,19,29H,3-8,13-14H2,1-2H3/t19-/m1/s1. The van der Waals surface area contributed by atoms with Crippen LogP contribution in [0.2, 0.25) is 0 Å². The molecule has 8 nitrogen and oxygen atoms in total. The van der Waals surface area contributed by atoms with Gasteiger partial charge in [0, 0.05) is 37.8 Å². The lowest BCUT2D eigenvalue weighted by atomic mass is 9.88. The van der Waals surface area contributed by atoms with Gasteiger partial charge in [0.2, 0.25) is 0 Å². The van der Waals surface area contributed by atoms with Crippen LogP contribution < -0.4 is 4.90 Å². The third kappa shape index (κ3) is 4.03. The molecule has 0 aliphatic carbocycles. The second kappa shape index (κ2) is 8.53. The molecule has 31 heavy (non-hydrogen) atoms. The van der Waals surface area contributed by atoms with Crippen LogP contribution in [-0.2, 0) is 9.47 Å². The average Bonchev–Trinajstić information content (AvgIpc) is 3.21. The summed E-state index contributed by atoms with van der Waals surface area (Å²) in [5, 5.41) is 15.3. The van der Waals surface area contributed by atoms with E-state index in [4.69, 9.17) is 9.47 Å². The van der Waals surface area contributed by atoms with Crippen molar-refractivity contribution in [1.82, 2.24) is 19.7 Å². The van der Waals surface area contributed by atoms with Gasteiger partial charge in [-0.1, -0.05) is 0 Å². The Morgan fingerprint density at radius 1 is 1.06 bits per heavy atom. The molecule has 1 atom stereocenters. The van der Waals surface area contributed by atoms with E-state index in [1.165, 1.54) is 11.1 Å². The van der Waals surface area contributed by atoms with Gasteiger partial charge in [0.15, 0.2) is 5.82 Å². The van der Waals surface area contributed by atoms with Crippen molar-refractivity contribution < 1.29 is 14.6 Å². The zero-order valence-corrected chi connectivity index (χ0v) is 18.1. The van der Waals surface area contributed by atoms with E-state index in [-0.39, 0.29) is 12.7 Å². The van der Waals surface area contributed by atoms with Crippen LogP contribution in [0.25, 0.3) is 16.7 Å². The van der Waals surface area contributed by atoms with E-state index in [9.17, 15) is 5.11 Å². The van der Waals surface area contributed by atoms with Gasteiger partial charge in [0.25, 0.3) is 0 Å². The molecular weight excluding hydrogens is 394 g/mol. The van der Waals surface area contributed by atoms with Gasteiger partial charge in [0.05, 0.1) is 31.0 Å². The normalized spacial score (nSPS) is 20.5. The molecule has 1 N–H and O–H groups in total. The second-order valence-electron chi connectivity index (χ2n) is 8.46. The fourth-order valence-corrected chi connectivity index (χ4v) is 4.68. The third-order valence-corrected chi connectivity index (χ3v) is 6.31. The quantitative estimate of drug-likeness (QED) is 0.690. The largest absolute Gasteiger partial charge is 0.394 e. The molecule has 8 heteroatoms. The summed E-state index contributed by atoms with van der Waals surface area (Å²) in [5.74, 6) is 2.81. The maximum absolute atomic E-state index is 9.48. The van der Waals surface area contributed by atoms with Gasteiger partial charge in [-0.05, 0) is 55.9 Å². The number of ether oxygens (including phenoxy) is 2. The molecular formula is C23H29N5O3. The van der Waals surface area contributed by atoms with E-state index in [1.54, 1.807) is 0 Å². The predicted octanol–water partition coefficient (Wildman–Crippen LogP) is 2.52. The van der Waals surface area contributed by atoms with Crippen molar-refractivity contribution in [2.24, 2.45) is 0 Å². The number of aliphatic hydroxyl groups excluding tert-OH is 1. The van der Waals surface area contributed by atoms with Gasteiger partial charge in [-0.25, -0.2) is 14.6 Å². The Balaban J connectivity index is 1.54. The lowest BCUT2D eigenvalue weighted by Crippen LogP contribution is -2.44. The van der Waals surface area contributed by atoms with E-state index in [1.807, 2.05) is 23.9 Å². The lowest BCUT2D eigenvalue weighted by Gasteiger charge is -2.33. The number of morpholine rings is 1. The number of hydrogen-bond acceptors (Lipinski definition) is 7. The van der Waals surface area contributed by atoms with Gasteiger partial charge in [0.1, 0.15) is 11.6 Å². The van der Waals surface area contributed by atoms with Gasteiger partial charge >= 0.3 is 0 Å². The molecule has 0 saturated carbocycles. The maximum atomic E-state index is 9.48. The minimum absolute atomic E-state index is 0.00551. The Labute approximate surface area is 181 Å². The van der Waals surface area contributed by atoms with Crippen LogP contribution in [0.4, 0.5) is 5.82 Å². The highest BCUT2D eigenvalue weighted by Gasteiger charge is 2.23. The van der Waals surface area contributed by atoms with E-state index in [2.05, 4.69) is 39.0 Å². The zero-order chi connectivity index (χ0) is 21.4. The van der Waals surface area contributed by atoms with Crippen molar-refractivity contribution in [3.05, 3.63) is 41.3 Å². The molecule has 2 aliphatic heterocycles. The van der Waals surface area contributed by atoms with Crippen LogP contribution >= 0.6 is 0 Å². The van der Waals surface area contributed by atoms with Crippen LogP contribution in [0.5, 0.6) is 0 Å². The summed E-state index contributed by atoms with van der Waals surface area (Å²) in [6, 6.07) is 6.49. The van der Waals surface area contributed by atoms with E-state index in [0.29, 0.717) is 24.9 Å². The number of rotatable bonds is 4. The Kier molecular flexibility index (Phi) is 5.60. The van der Waals surface area contributed by atoms with Crippen LogP contribution in [0.1, 0.15) is 35.7 Å². The summed E-state index contributed by atoms with van der Waals surface area (Å²) in [4.78, 5) is 11.5. The topological polar surface area (TPSA) is 85.5 Å². The van der Waals surface area contributed by atoms with Gasteiger partial charge in [-0.15, -0.1) is 0 Å². The Bertz CT molecular complexity index is 1080. The smallest absolute Gasteiger partial charge is 0.159 e. The number of aromatic nitrogens is 4. The van der Waals surface area contributed by atoms with Gasteiger partial charge in [-0.2, -0.15) is 5.10 Å². The number of benzene rings is 1. The molecule has 0 amide bonds. The summed E-state index contributed by atoms with van der Waals surface area (Å²) in [5.41, 5.74) is 3.75. The zero-order valence-electron chi connectivity index (χ0n) is 18.1. The van der Waals surface area contributed by atoms with E-state index in [0.717, 1.165) is 55.1 Å². The fraction of sp³-hybridized carbons (Fsp3) is 0.522. The summed E-state index contributed by atoms with van der Waals surface area (Å²) in [6.07, 6.45) is 3.83. The molecule has 0 spiro atoms. The number of nitrogens with zero attached hydrogens (tertiary/aromatic N) is 5. The molecule has 2 saturated heterocycles. The molecule has 2 fully saturated rings. The summed E-state index contributed by atoms with van der Waals surface area (Å²) >= 11 is 0. The summed E-state index contributed by atoms with van der Waals surface area (Å²) < 4.78 is 13.1. The molecule has 2 aliphatic rings. The molecule has 164 valence electrons. The van der Waals surface area contributed by atoms with Crippen LogP contribution in [0.3, 0.4) is 0 Å². The number of fused-ring (bicyclic) bond motifs is 1. The molecule has 0 radical (unpaired) electrons. The SMILES string of the molecule is Cc1nc(N2CCO[C@@H](CO)C2)cc(-n2ncc3cc(C)c(C4CCOCC4)cc32)n1. The monoisotopic (exact) mass is 423 g/mol. The van der Waals surface area contributed by atoms with Crippen LogP contribution in [0, 0.1) is 13.8 Å². The van der Waals surface area contributed by atoms with Gasteiger partial charge < -0.3 is 19.5 Å². The van der Waals surface area contributed by atoms with Crippen molar-refractivity contribution in [1.29, 1.82) is 0 Å². The highest BCUT2D eigenvalue weighted by atomic mass is 16.5. The Hall–Kier alpha value is -2.55. The fourth-order valence-electron chi connectivity index (χ4n) is 4.68. The van der Waals surface area contributed by atoms with Crippen LogP contribution in [-0.4, -0.2) is 70.5 Å². The molecule has 3 aromatic rings. The third-order valence-electron chi connectivity index (χ3n) is 6.31. The lowest BCUT2D eigenvalue weighted by molar-refractivity contribution is 0.00335. The average molecular weight is 424 g/mol. The van der Waals surface area contributed by atoms with Gasteiger partial charge in [-0.3, -0.25) is 0 Å². The molecule has 1 aromatic carbocycles. The molecule has 4 heterocycles. The first-order valence-corrected chi connectivity index (χ1v) is 11.0. The molecule has 0 bridgehead atoms. The highest BCUT2D eigenvalue weighted by molar-refractivity contribution is 5.82. The van der Waals surface area contributed by atoms with E-state index >= 15 is 0 Å². The van der Waals surface area contributed by atoms with Crippen LogP contribution in [0.15, 0.2) is 24.4 Å². The molecule has 0 unspecified atom stereocenters. The number of aryl methyl sites for hydroxylation is 2. The predicted molar refractivity (Wildman–Crippen MR) is 118 cm³/mol. The number of anilines is 1. The number of hydrogen-bond donors (Lipinski definition) is 1. The van der Waals surface area contributed by atoms with Crippen molar-refractivity contribution in [3.63, 3.8) is 0 Å². The second-order valence-corrected chi connectivity index (χ2v) is 8.46. The highest BCUT2D eigenvalue weighted by Crippen LogP contribution is 2.33. The molecule has 5 rings (SSSR count). The van der Waals surface area contributed by atoms with Crippen molar-refractivity contribution >= 4 is 16.7 Å². The first-order chi connectivity index (χ1) is 15.1. The van der Waals surface area contributed by atoms with Crippen molar-refractivity contribution in [2.75, 3.05) is 44.4 Å². The first kappa shape index (κ1) is 20.4. The maximum Gasteiger partial charge on any atom is 0.159 e. The summed E-state index contributed by atoms with van der Waals surface area (Å²) in [6.45, 7) is 7.66. The Morgan fingerprint density at radius 2 is 1.87 bits per heavy atom. The van der Waals surface area contributed by atoms with Crippen molar-refractivity contribution in [3.8, 4) is 5.82 Å². The minimum atomic E-state index is -0.192. The van der Waals surface area contributed by atoms with E-state index < -0.39 is 0 Å². The minimum Gasteiger partial charge on any atom is -0.394 e. The Morgan fingerprint density at radius 3 is 2.68 bits per heavy atom. The number of aliphatic hydroxyl groups is 1. The first-order valence-electron chi connectivity index (χ1n) is 11.0.